The SMILES string of the molecule is CC1=C(C#N)[C@@H](c2ccc(C#N)cc2S(C)(=O)=O)N(C(=O)N2CCC(O)C2)C(=O)N1c1cccc(C(F)(F)F)c1. The molecule has 1 saturated heterocycles. The molecule has 4 rings (SSSR count). The fourth-order valence-corrected chi connectivity index (χ4v) is 5.73. The van der Waals surface area contributed by atoms with Gasteiger partial charge in [-0.1, -0.05) is 12.1 Å². The summed E-state index contributed by atoms with van der Waals surface area (Å²) in [6, 6.07) is 7.33. The lowest BCUT2D eigenvalue weighted by molar-refractivity contribution is -0.137. The van der Waals surface area contributed by atoms with Crippen LogP contribution in [0.3, 0.4) is 0 Å². The lowest BCUT2D eigenvalue weighted by Crippen LogP contribution is -2.55. The number of amides is 4. The molecule has 2 aromatic carbocycles. The van der Waals surface area contributed by atoms with Gasteiger partial charge in [-0.05, 0) is 49.2 Å². The summed E-state index contributed by atoms with van der Waals surface area (Å²) in [7, 11) is -4.07. The van der Waals surface area contributed by atoms with E-state index in [1.807, 2.05) is 12.1 Å². The highest BCUT2D eigenvalue weighted by molar-refractivity contribution is 7.90. The molecule has 4 amide bonds. The summed E-state index contributed by atoms with van der Waals surface area (Å²) in [5.74, 6) is 0. The van der Waals surface area contributed by atoms with Gasteiger partial charge in [-0.2, -0.15) is 23.7 Å². The standard InChI is InChI=1S/C26H22F3N5O5S/c1-15-21(13-31)23(20-7-6-16(12-30)10-22(20)40(2,38)39)34(24(36)32-9-8-19(35)14-32)25(37)33(15)18-5-3-4-17(11-18)26(27,28)29/h3-7,10-11,19,23,35H,8-9,14H2,1-2H3/t19?,23-/m1/s1. The Labute approximate surface area is 227 Å². The molecule has 2 aromatic rings. The van der Waals surface area contributed by atoms with E-state index in [-0.39, 0.29) is 47.6 Å². The quantitative estimate of drug-likeness (QED) is 0.585. The van der Waals surface area contributed by atoms with Crippen molar-refractivity contribution in [3.8, 4) is 12.1 Å². The molecule has 14 heteroatoms. The van der Waals surface area contributed by atoms with Crippen LogP contribution in [0, 0.1) is 22.7 Å². The number of sulfone groups is 1. The topological polar surface area (TPSA) is 146 Å². The van der Waals surface area contributed by atoms with Crippen molar-refractivity contribution in [3.63, 3.8) is 0 Å². The Morgan fingerprint density at radius 1 is 1.12 bits per heavy atom. The number of carbonyl (C=O) groups is 2. The minimum Gasteiger partial charge on any atom is -0.391 e. The molecule has 0 aromatic heterocycles. The normalized spacial score (nSPS) is 20.0. The van der Waals surface area contributed by atoms with Gasteiger partial charge in [-0.25, -0.2) is 22.9 Å². The number of alkyl halides is 3. The maximum Gasteiger partial charge on any atom is 0.416 e. The molecule has 10 nitrogen and oxygen atoms in total. The number of nitrogens with zero attached hydrogens (tertiary/aromatic N) is 5. The summed E-state index contributed by atoms with van der Waals surface area (Å²) in [6.45, 7) is 1.18. The van der Waals surface area contributed by atoms with Crippen LogP contribution in [0.1, 0.15) is 36.1 Å². The summed E-state index contributed by atoms with van der Waals surface area (Å²) in [5.41, 5.74) is -1.92. The Morgan fingerprint density at radius 3 is 2.38 bits per heavy atom. The van der Waals surface area contributed by atoms with E-state index in [1.165, 1.54) is 25.1 Å². The minimum atomic E-state index is -4.75. The number of nitriles is 2. The van der Waals surface area contributed by atoms with Crippen LogP contribution in [0.4, 0.5) is 28.4 Å². The van der Waals surface area contributed by atoms with Crippen molar-refractivity contribution in [1.29, 1.82) is 10.5 Å². The average Bonchev–Trinajstić information content (AvgIpc) is 3.33. The summed E-state index contributed by atoms with van der Waals surface area (Å²) in [6.07, 6.45) is -4.59. The number of β-amino-alcohol motifs (C(OH)–C–C–N with tert-alkyl or cyclic N) is 1. The molecule has 2 heterocycles. The number of rotatable bonds is 3. The number of aliphatic hydroxyl groups excluding tert-OH is 1. The van der Waals surface area contributed by atoms with Crippen LogP contribution in [0.15, 0.2) is 58.6 Å². The smallest absolute Gasteiger partial charge is 0.391 e. The summed E-state index contributed by atoms with van der Waals surface area (Å²) in [4.78, 5) is 29.9. The third kappa shape index (κ3) is 5.11. The number of allylic oxidation sites excluding steroid dienone is 1. The second-order valence-electron chi connectivity index (χ2n) is 9.36. The molecular formula is C26H22F3N5O5S. The number of hydrogen-bond donors (Lipinski definition) is 1. The van der Waals surface area contributed by atoms with Crippen molar-refractivity contribution in [1.82, 2.24) is 9.80 Å². The van der Waals surface area contributed by atoms with Gasteiger partial charge in [0.1, 0.15) is 6.04 Å². The van der Waals surface area contributed by atoms with E-state index in [9.17, 15) is 46.8 Å². The first-order valence-electron chi connectivity index (χ1n) is 11.8. The monoisotopic (exact) mass is 573 g/mol. The average molecular weight is 574 g/mol. The Kier molecular flexibility index (Phi) is 7.36. The maximum atomic E-state index is 14.0. The molecule has 0 aliphatic carbocycles. The zero-order chi connectivity index (χ0) is 29.6. The molecule has 0 radical (unpaired) electrons. The zero-order valence-corrected chi connectivity index (χ0v) is 22.0. The van der Waals surface area contributed by atoms with Crippen molar-refractivity contribution in [3.05, 3.63) is 70.4 Å². The van der Waals surface area contributed by atoms with Crippen molar-refractivity contribution >= 4 is 27.6 Å². The van der Waals surface area contributed by atoms with Crippen LogP contribution >= 0.6 is 0 Å². The van der Waals surface area contributed by atoms with Gasteiger partial charge in [0.15, 0.2) is 9.84 Å². The van der Waals surface area contributed by atoms with Crippen LogP contribution in [0.5, 0.6) is 0 Å². The number of benzene rings is 2. The molecule has 2 aliphatic rings. The molecule has 1 N–H and O–H groups in total. The first kappa shape index (κ1) is 28.6. The fourth-order valence-electron chi connectivity index (χ4n) is 4.78. The van der Waals surface area contributed by atoms with Gasteiger partial charge in [0, 0.05) is 25.0 Å². The molecular weight excluding hydrogens is 551 g/mol. The van der Waals surface area contributed by atoms with E-state index < -0.39 is 50.7 Å². The molecule has 40 heavy (non-hydrogen) atoms. The van der Waals surface area contributed by atoms with E-state index >= 15 is 0 Å². The minimum absolute atomic E-state index is 0.0309. The van der Waals surface area contributed by atoms with Crippen molar-refractivity contribution < 1.29 is 36.3 Å². The third-order valence-corrected chi connectivity index (χ3v) is 7.84. The number of likely N-dealkylation sites (tertiary alicyclic amines) is 1. The Bertz CT molecular complexity index is 1620. The molecule has 0 saturated carbocycles. The molecule has 2 aliphatic heterocycles. The van der Waals surface area contributed by atoms with Crippen molar-refractivity contribution in [2.75, 3.05) is 24.2 Å². The number of hydrogen-bond acceptors (Lipinski definition) is 7. The summed E-state index contributed by atoms with van der Waals surface area (Å²) >= 11 is 0. The van der Waals surface area contributed by atoms with Gasteiger partial charge in [0.25, 0.3) is 0 Å². The highest BCUT2D eigenvalue weighted by Crippen LogP contribution is 2.43. The molecule has 1 fully saturated rings. The number of carbonyl (C=O) groups excluding carboxylic acids is 2. The molecule has 2 atom stereocenters. The molecule has 0 spiro atoms. The van der Waals surface area contributed by atoms with Gasteiger partial charge in [-0.3, -0.25) is 4.90 Å². The van der Waals surface area contributed by atoms with Gasteiger partial charge in [-0.15, -0.1) is 0 Å². The zero-order valence-electron chi connectivity index (χ0n) is 21.2. The predicted octanol–water partition coefficient (Wildman–Crippen LogP) is 3.95. The highest BCUT2D eigenvalue weighted by atomic mass is 32.2. The second-order valence-corrected chi connectivity index (χ2v) is 11.3. The third-order valence-electron chi connectivity index (χ3n) is 6.68. The van der Waals surface area contributed by atoms with Gasteiger partial charge >= 0.3 is 18.2 Å². The van der Waals surface area contributed by atoms with E-state index in [0.717, 1.165) is 34.3 Å². The van der Waals surface area contributed by atoms with E-state index in [2.05, 4.69) is 0 Å². The van der Waals surface area contributed by atoms with E-state index in [1.54, 1.807) is 0 Å². The fraction of sp³-hybridized carbons (Fsp3) is 0.308. The van der Waals surface area contributed by atoms with Crippen LogP contribution < -0.4 is 4.90 Å². The van der Waals surface area contributed by atoms with E-state index in [0.29, 0.717) is 11.0 Å². The first-order chi connectivity index (χ1) is 18.7. The molecule has 0 bridgehead atoms. The summed E-state index contributed by atoms with van der Waals surface area (Å²) in [5, 5.41) is 29.5. The largest absolute Gasteiger partial charge is 0.416 e. The maximum absolute atomic E-state index is 14.0. The lowest BCUT2D eigenvalue weighted by atomic mass is 9.93. The summed E-state index contributed by atoms with van der Waals surface area (Å²) < 4.78 is 65.9. The second kappa shape index (κ2) is 10.3. The molecule has 1 unspecified atom stereocenters. The van der Waals surface area contributed by atoms with Gasteiger partial charge in [0.2, 0.25) is 0 Å². The Morgan fingerprint density at radius 2 is 1.82 bits per heavy atom. The van der Waals surface area contributed by atoms with Crippen LogP contribution in [-0.4, -0.2) is 60.8 Å². The van der Waals surface area contributed by atoms with Gasteiger partial charge in [0.05, 0.1) is 45.5 Å². The first-order valence-corrected chi connectivity index (χ1v) is 13.7. The van der Waals surface area contributed by atoms with Crippen molar-refractivity contribution in [2.24, 2.45) is 0 Å². The number of urea groups is 2. The Hall–Kier alpha value is -4.40. The highest BCUT2D eigenvalue weighted by Gasteiger charge is 2.47. The van der Waals surface area contributed by atoms with Crippen LogP contribution in [0.25, 0.3) is 0 Å². The lowest BCUT2D eigenvalue weighted by Gasteiger charge is -2.42. The predicted molar refractivity (Wildman–Crippen MR) is 134 cm³/mol. The van der Waals surface area contributed by atoms with E-state index in [4.69, 9.17) is 0 Å². The van der Waals surface area contributed by atoms with Crippen LogP contribution in [0.2, 0.25) is 0 Å². The number of anilines is 1. The van der Waals surface area contributed by atoms with Gasteiger partial charge < -0.3 is 10.0 Å². The Balaban J connectivity index is 2.01. The van der Waals surface area contributed by atoms with Crippen molar-refractivity contribution in [2.45, 2.75) is 36.6 Å². The number of imide groups is 1. The van der Waals surface area contributed by atoms with Crippen LogP contribution in [-0.2, 0) is 16.0 Å². The number of aliphatic hydroxyl groups is 1. The number of halogens is 3. The molecule has 208 valence electrons.